The Hall–Kier alpha value is -5.19. The third-order valence-electron chi connectivity index (χ3n) is 8.15. The van der Waals surface area contributed by atoms with Gasteiger partial charge in [-0.15, -0.1) is 11.3 Å². The molecule has 0 radical (unpaired) electrons. The van der Waals surface area contributed by atoms with Crippen molar-refractivity contribution >= 4 is 70.8 Å². The number of rotatable bonds is 3. The molecular formula is C37H23N3S. The normalized spacial score (nSPS) is 12.7. The zero-order chi connectivity index (χ0) is 26.9. The van der Waals surface area contributed by atoms with Gasteiger partial charge in [-0.05, 0) is 83.8 Å². The van der Waals surface area contributed by atoms with Crippen molar-refractivity contribution < 1.29 is 0 Å². The quantitative estimate of drug-likeness (QED) is 0.222. The molecule has 3 nitrogen and oxygen atoms in total. The Morgan fingerprint density at radius 1 is 0.610 bits per heavy atom. The van der Waals surface area contributed by atoms with Crippen molar-refractivity contribution in [2.24, 2.45) is 0 Å². The minimum atomic E-state index is 0.942. The Labute approximate surface area is 240 Å². The first-order chi connectivity index (χ1) is 20.3. The minimum Gasteiger partial charge on any atom is -0.317 e. The number of nitrogens with zero attached hydrogens (tertiary/aromatic N) is 3. The molecule has 0 bridgehead atoms. The Morgan fingerprint density at radius 3 is 2.32 bits per heavy atom. The number of benzene rings is 6. The van der Waals surface area contributed by atoms with Gasteiger partial charge in [-0.3, -0.25) is 4.57 Å². The second-order valence-electron chi connectivity index (χ2n) is 10.5. The largest absolute Gasteiger partial charge is 0.317 e. The van der Waals surface area contributed by atoms with Crippen LogP contribution < -0.4 is 4.90 Å². The molecule has 0 saturated heterocycles. The first kappa shape index (κ1) is 22.6. The SMILES string of the molecule is C1=CN(c2ccc(-c3nc4ccccc4n3-c3ccccc3)cc2)c2cccc3cc4sc5ccccc5c4c1c23. The fourth-order valence-corrected chi connectivity index (χ4v) is 7.50. The lowest BCUT2D eigenvalue weighted by Crippen LogP contribution is -2.12. The monoisotopic (exact) mass is 541 g/mol. The van der Waals surface area contributed by atoms with Crippen LogP contribution in [0.25, 0.3) is 65.1 Å². The van der Waals surface area contributed by atoms with Gasteiger partial charge in [0, 0.05) is 48.7 Å². The van der Waals surface area contributed by atoms with E-state index in [0.29, 0.717) is 0 Å². The molecule has 0 amide bonds. The smallest absolute Gasteiger partial charge is 0.145 e. The standard InChI is InChI=1S/C37H23N3S/c1-2-10-27(11-3-1)40-31-14-6-5-13-30(31)38-37(40)24-17-19-26(20-18-24)39-22-21-29-35-25(9-8-15-32(35)39)23-34-36(29)28-12-4-7-16-33(28)41-34/h1-23H. The molecular weight excluding hydrogens is 518 g/mol. The van der Waals surface area contributed by atoms with Crippen LogP contribution >= 0.6 is 11.3 Å². The maximum Gasteiger partial charge on any atom is 0.145 e. The second kappa shape index (κ2) is 8.65. The Bertz CT molecular complexity index is 2310. The van der Waals surface area contributed by atoms with Crippen LogP contribution in [-0.2, 0) is 0 Å². The molecule has 0 atom stereocenters. The molecule has 0 saturated carbocycles. The lowest BCUT2D eigenvalue weighted by molar-refractivity contribution is 1.10. The first-order valence-electron chi connectivity index (χ1n) is 13.8. The van der Waals surface area contributed by atoms with Gasteiger partial charge in [-0.25, -0.2) is 4.98 Å². The number of imidazole rings is 1. The zero-order valence-corrected chi connectivity index (χ0v) is 22.8. The van der Waals surface area contributed by atoms with Gasteiger partial charge in [0.05, 0.1) is 16.7 Å². The van der Waals surface area contributed by atoms with E-state index in [9.17, 15) is 0 Å². The van der Waals surface area contributed by atoms with Crippen molar-refractivity contribution in [2.45, 2.75) is 0 Å². The number of anilines is 2. The van der Waals surface area contributed by atoms with Gasteiger partial charge >= 0.3 is 0 Å². The van der Waals surface area contributed by atoms with E-state index in [1.54, 1.807) is 0 Å². The minimum absolute atomic E-state index is 0.942. The topological polar surface area (TPSA) is 21.1 Å². The van der Waals surface area contributed by atoms with Crippen molar-refractivity contribution in [3.8, 4) is 17.1 Å². The summed E-state index contributed by atoms with van der Waals surface area (Å²) in [5, 5.41) is 5.28. The maximum absolute atomic E-state index is 5.05. The number of thiophene rings is 1. The highest BCUT2D eigenvalue weighted by molar-refractivity contribution is 7.26. The summed E-state index contributed by atoms with van der Waals surface area (Å²) in [5.74, 6) is 0.942. The van der Waals surface area contributed by atoms with Crippen LogP contribution in [0.3, 0.4) is 0 Å². The third-order valence-corrected chi connectivity index (χ3v) is 9.27. The van der Waals surface area contributed by atoms with E-state index >= 15 is 0 Å². The van der Waals surface area contributed by atoms with E-state index in [1.807, 2.05) is 23.5 Å². The van der Waals surface area contributed by atoms with E-state index in [4.69, 9.17) is 4.98 Å². The summed E-state index contributed by atoms with van der Waals surface area (Å²) in [4.78, 5) is 7.35. The fraction of sp³-hybridized carbons (Fsp3) is 0. The number of aromatic nitrogens is 2. The van der Waals surface area contributed by atoms with E-state index in [0.717, 1.165) is 33.8 Å². The Kier molecular flexibility index (Phi) is 4.77. The van der Waals surface area contributed by atoms with E-state index in [1.165, 1.54) is 42.2 Å². The van der Waals surface area contributed by atoms with Crippen LogP contribution in [-0.4, -0.2) is 9.55 Å². The van der Waals surface area contributed by atoms with Crippen molar-refractivity contribution in [3.63, 3.8) is 0 Å². The Balaban J connectivity index is 1.18. The van der Waals surface area contributed by atoms with Gasteiger partial charge < -0.3 is 4.90 Å². The molecule has 2 aromatic heterocycles. The molecule has 0 N–H and O–H groups in total. The average Bonchev–Trinajstić information content (AvgIpc) is 3.61. The summed E-state index contributed by atoms with van der Waals surface area (Å²) in [6, 6.07) is 45.3. The van der Waals surface area contributed by atoms with Gasteiger partial charge in [0.1, 0.15) is 5.82 Å². The summed E-state index contributed by atoms with van der Waals surface area (Å²) in [6.07, 6.45) is 4.51. The molecule has 1 aliphatic heterocycles. The number of para-hydroxylation sites is 3. The summed E-state index contributed by atoms with van der Waals surface area (Å²) < 4.78 is 4.93. The molecule has 192 valence electrons. The van der Waals surface area contributed by atoms with Gasteiger partial charge in [0.2, 0.25) is 0 Å². The maximum atomic E-state index is 5.05. The van der Waals surface area contributed by atoms with Gasteiger partial charge in [-0.2, -0.15) is 0 Å². The van der Waals surface area contributed by atoms with Gasteiger partial charge in [0.15, 0.2) is 0 Å². The number of fused-ring (bicyclic) bond motifs is 5. The molecule has 8 aromatic rings. The Morgan fingerprint density at radius 2 is 1.41 bits per heavy atom. The predicted molar refractivity (Wildman–Crippen MR) is 175 cm³/mol. The molecule has 4 heteroatoms. The summed E-state index contributed by atoms with van der Waals surface area (Å²) in [7, 11) is 0. The van der Waals surface area contributed by atoms with Crippen molar-refractivity contribution in [3.05, 3.63) is 139 Å². The van der Waals surface area contributed by atoms with Crippen LogP contribution in [0.4, 0.5) is 11.4 Å². The molecule has 0 spiro atoms. The van der Waals surface area contributed by atoms with E-state index < -0.39 is 0 Å². The van der Waals surface area contributed by atoms with Crippen LogP contribution in [0, 0.1) is 0 Å². The molecule has 9 rings (SSSR count). The van der Waals surface area contributed by atoms with Crippen LogP contribution in [0.2, 0.25) is 0 Å². The molecule has 41 heavy (non-hydrogen) atoms. The number of hydrogen-bond donors (Lipinski definition) is 0. The van der Waals surface area contributed by atoms with E-state index in [2.05, 4.69) is 137 Å². The van der Waals surface area contributed by atoms with E-state index in [-0.39, 0.29) is 0 Å². The second-order valence-corrected chi connectivity index (χ2v) is 11.5. The van der Waals surface area contributed by atoms with Crippen LogP contribution in [0.5, 0.6) is 0 Å². The van der Waals surface area contributed by atoms with Crippen molar-refractivity contribution in [1.82, 2.24) is 9.55 Å². The van der Waals surface area contributed by atoms with Crippen LogP contribution in [0.15, 0.2) is 134 Å². The lowest BCUT2D eigenvalue weighted by Gasteiger charge is -2.27. The molecule has 0 unspecified atom stereocenters. The van der Waals surface area contributed by atoms with Gasteiger partial charge in [-0.1, -0.05) is 60.7 Å². The van der Waals surface area contributed by atoms with Crippen molar-refractivity contribution in [1.29, 1.82) is 0 Å². The average molecular weight is 542 g/mol. The summed E-state index contributed by atoms with van der Waals surface area (Å²) >= 11 is 1.88. The molecule has 6 aromatic carbocycles. The molecule has 0 aliphatic carbocycles. The molecule has 0 fully saturated rings. The highest BCUT2D eigenvalue weighted by Gasteiger charge is 2.21. The van der Waals surface area contributed by atoms with Crippen LogP contribution in [0.1, 0.15) is 5.56 Å². The van der Waals surface area contributed by atoms with Gasteiger partial charge in [0.25, 0.3) is 0 Å². The number of hydrogen-bond acceptors (Lipinski definition) is 3. The highest BCUT2D eigenvalue weighted by Crippen LogP contribution is 2.46. The first-order valence-corrected chi connectivity index (χ1v) is 14.6. The lowest BCUT2D eigenvalue weighted by atomic mass is 9.95. The fourth-order valence-electron chi connectivity index (χ4n) is 6.33. The van der Waals surface area contributed by atoms with Crippen molar-refractivity contribution in [2.75, 3.05) is 4.90 Å². The summed E-state index contributed by atoms with van der Waals surface area (Å²) in [6.45, 7) is 0. The molecule has 3 heterocycles. The predicted octanol–water partition coefficient (Wildman–Crippen LogP) is 10.3. The molecule has 1 aliphatic rings. The summed E-state index contributed by atoms with van der Waals surface area (Å²) in [5.41, 5.74) is 7.93. The highest BCUT2D eigenvalue weighted by atomic mass is 32.1. The zero-order valence-electron chi connectivity index (χ0n) is 22.0. The third kappa shape index (κ3) is 3.35.